The second-order valence-electron chi connectivity index (χ2n) is 4.86. The molecule has 1 saturated heterocycles. The lowest BCUT2D eigenvalue weighted by Gasteiger charge is -2.36. The molecule has 2 aromatic rings. The zero-order chi connectivity index (χ0) is 14.7. The number of rotatable bonds is 4. The number of methoxy groups -OCH3 is 1. The molecule has 0 aliphatic carbocycles. The Bertz CT molecular complexity index is 668. The number of β-lactam (4-membered cyclic amide) rings is 1. The van der Waals surface area contributed by atoms with E-state index in [-0.39, 0.29) is 11.9 Å². The van der Waals surface area contributed by atoms with E-state index in [9.17, 15) is 4.79 Å². The van der Waals surface area contributed by atoms with Crippen molar-refractivity contribution in [3.05, 3.63) is 65.7 Å². The molecular formula is C17H16N2O2. The Kier molecular flexibility index (Phi) is 3.69. The van der Waals surface area contributed by atoms with Crippen molar-refractivity contribution in [3.8, 4) is 5.75 Å². The molecule has 0 saturated carbocycles. The van der Waals surface area contributed by atoms with Crippen molar-refractivity contribution in [3.63, 3.8) is 0 Å². The van der Waals surface area contributed by atoms with Crippen molar-refractivity contribution in [2.45, 2.75) is 12.5 Å². The largest absolute Gasteiger partial charge is 0.496 e. The molecule has 106 valence electrons. The molecule has 0 bridgehead atoms. The summed E-state index contributed by atoms with van der Waals surface area (Å²) in [7, 11) is 1.62. The summed E-state index contributed by atoms with van der Waals surface area (Å²) in [6.07, 6.45) is 2.18. The molecule has 1 atom stereocenters. The summed E-state index contributed by atoms with van der Waals surface area (Å²) in [4.78, 5) is 11.8. The van der Waals surface area contributed by atoms with Gasteiger partial charge in [0.25, 0.3) is 0 Å². The average Bonchev–Trinajstić information content (AvgIpc) is 2.54. The average molecular weight is 280 g/mol. The summed E-state index contributed by atoms with van der Waals surface area (Å²) >= 11 is 0. The van der Waals surface area contributed by atoms with Gasteiger partial charge in [-0.25, -0.2) is 5.01 Å². The van der Waals surface area contributed by atoms with Gasteiger partial charge in [0.15, 0.2) is 0 Å². The van der Waals surface area contributed by atoms with Gasteiger partial charge >= 0.3 is 0 Å². The van der Waals surface area contributed by atoms with Gasteiger partial charge in [-0.1, -0.05) is 42.5 Å². The Labute approximate surface area is 123 Å². The third-order valence-corrected chi connectivity index (χ3v) is 3.56. The van der Waals surface area contributed by atoms with Crippen LogP contribution in [0.15, 0.2) is 59.7 Å². The predicted octanol–water partition coefficient (Wildman–Crippen LogP) is 3.00. The van der Waals surface area contributed by atoms with E-state index in [1.54, 1.807) is 13.3 Å². The summed E-state index contributed by atoms with van der Waals surface area (Å²) in [5, 5.41) is 5.86. The van der Waals surface area contributed by atoms with Crippen LogP contribution in [0.4, 0.5) is 0 Å². The third kappa shape index (κ3) is 2.65. The highest BCUT2D eigenvalue weighted by Gasteiger charge is 2.37. The quantitative estimate of drug-likeness (QED) is 0.638. The minimum absolute atomic E-state index is 0.0321. The molecular weight excluding hydrogens is 264 g/mol. The van der Waals surface area contributed by atoms with Gasteiger partial charge in [-0.05, 0) is 17.7 Å². The van der Waals surface area contributed by atoms with Crippen LogP contribution in [0.1, 0.15) is 23.6 Å². The van der Waals surface area contributed by atoms with Gasteiger partial charge in [0.1, 0.15) is 5.75 Å². The van der Waals surface area contributed by atoms with Crippen molar-refractivity contribution in [1.82, 2.24) is 5.01 Å². The van der Waals surface area contributed by atoms with E-state index < -0.39 is 0 Å². The van der Waals surface area contributed by atoms with Gasteiger partial charge in [0.05, 0.1) is 25.8 Å². The maximum absolute atomic E-state index is 11.8. The van der Waals surface area contributed by atoms with Crippen molar-refractivity contribution < 1.29 is 9.53 Å². The fourth-order valence-corrected chi connectivity index (χ4v) is 2.38. The van der Waals surface area contributed by atoms with Crippen LogP contribution in [-0.2, 0) is 4.79 Å². The molecule has 0 unspecified atom stereocenters. The lowest BCUT2D eigenvalue weighted by atomic mass is 9.96. The predicted molar refractivity (Wildman–Crippen MR) is 81.2 cm³/mol. The number of amides is 1. The molecule has 1 amide bonds. The molecule has 0 radical (unpaired) electrons. The number of hydrogen-bond acceptors (Lipinski definition) is 3. The number of hydrogen-bond donors (Lipinski definition) is 0. The first-order chi connectivity index (χ1) is 10.3. The van der Waals surface area contributed by atoms with Crippen molar-refractivity contribution >= 4 is 12.1 Å². The van der Waals surface area contributed by atoms with E-state index in [0.29, 0.717) is 6.42 Å². The van der Waals surface area contributed by atoms with Gasteiger partial charge < -0.3 is 4.74 Å². The first-order valence-electron chi connectivity index (χ1n) is 6.83. The van der Waals surface area contributed by atoms with Crippen LogP contribution in [0.5, 0.6) is 5.75 Å². The van der Waals surface area contributed by atoms with Crippen molar-refractivity contribution in [1.29, 1.82) is 0 Å². The van der Waals surface area contributed by atoms with E-state index in [4.69, 9.17) is 4.74 Å². The maximum Gasteiger partial charge on any atom is 0.245 e. The van der Waals surface area contributed by atoms with Crippen molar-refractivity contribution in [2.24, 2.45) is 5.10 Å². The van der Waals surface area contributed by atoms with Crippen LogP contribution in [0.2, 0.25) is 0 Å². The second-order valence-corrected chi connectivity index (χ2v) is 4.86. The minimum Gasteiger partial charge on any atom is -0.496 e. The Balaban J connectivity index is 1.80. The van der Waals surface area contributed by atoms with Crippen LogP contribution in [0.3, 0.4) is 0 Å². The van der Waals surface area contributed by atoms with E-state index >= 15 is 0 Å². The highest BCUT2D eigenvalue weighted by molar-refractivity contribution is 5.88. The Morgan fingerprint density at radius 1 is 1.14 bits per heavy atom. The fourth-order valence-electron chi connectivity index (χ4n) is 2.38. The van der Waals surface area contributed by atoms with Crippen LogP contribution in [0, 0.1) is 0 Å². The molecule has 0 aromatic heterocycles. The maximum atomic E-state index is 11.8. The smallest absolute Gasteiger partial charge is 0.245 e. The van der Waals surface area contributed by atoms with Gasteiger partial charge in [-0.3, -0.25) is 4.79 Å². The van der Waals surface area contributed by atoms with Crippen molar-refractivity contribution in [2.75, 3.05) is 7.11 Å². The normalized spacial score (nSPS) is 17.9. The van der Waals surface area contributed by atoms with E-state index in [2.05, 4.69) is 5.10 Å². The highest BCUT2D eigenvalue weighted by Crippen LogP contribution is 2.34. The lowest BCUT2D eigenvalue weighted by molar-refractivity contribution is -0.146. The monoisotopic (exact) mass is 280 g/mol. The number of nitrogens with zero attached hydrogens (tertiary/aromatic N) is 2. The molecule has 1 heterocycles. The lowest BCUT2D eigenvalue weighted by Crippen LogP contribution is -2.42. The first kappa shape index (κ1) is 13.4. The van der Waals surface area contributed by atoms with Gasteiger partial charge in [-0.2, -0.15) is 5.10 Å². The zero-order valence-electron chi connectivity index (χ0n) is 11.8. The van der Waals surface area contributed by atoms with Crippen LogP contribution in [-0.4, -0.2) is 24.2 Å². The van der Waals surface area contributed by atoms with Gasteiger partial charge in [0, 0.05) is 5.56 Å². The van der Waals surface area contributed by atoms with E-state index in [1.165, 1.54) is 5.01 Å². The summed E-state index contributed by atoms with van der Waals surface area (Å²) in [6, 6.07) is 17.6. The number of carbonyl (C=O) groups is 1. The Morgan fingerprint density at radius 2 is 1.86 bits per heavy atom. The molecule has 4 heteroatoms. The fraction of sp³-hybridized carbons (Fsp3) is 0.176. The molecule has 2 aromatic carbocycles. The number of carbonyl (C=O) groups excluding carboxylic acids is 1. The van der Waals surface area contributed by atoms with Gasteiger partial charge in [0.2, 0.25) is 5.91 Å². The molecule has 4 nitrogen and oxygen atoms in total. The number of hydrazone groups is 1. The molecule has 0 spiro atoms. The topological polar surface area (TPSA) is 41.9 Å². The Morgan fingerprint density at radius 3 is 2.57 bits per heavy atom. The summed E-state index contributed by atoms with van der Waals surface area (Å²) in [5.74, 6) is 0.778. The molecule has 1 aliphatic rings. The second kappa shape index (κ2) is 5.79. The summed E-state index contributed by atoms with van der Waals surface area (Å²) in [5.41, 5.74) is 1.96. The summed E-state index contributed by atoms with van der Waals surface area (Å²) < 4.78 is 5.27. The number of para-hydroxylation sites is 1. The van der Waals surface area contributed by atoms with Crippen LogP contribution < -0.4 is 4.74 Å². The molecule has 1 fully saturated rings. The number of ether oxygens (including phenoxy) is 1. The molecule has 0 N–H and O–H groups in total. The first-order valence-corrected chi connectivity index (χ1v) is 6.83. The highest BCUT2D eigenvalue weighted by atomic mass is 16.5. The van der Waals surface area contributed by atoms with E-state index in [0.717, 1.165) is 16.9 Å². The van der Waals surface area contributed by atoms with Crippen LogP contribution in [0.25, 0.3) is 0 Å². The zero-order valence-corrected chi connectivity index (χ0v) is 11.8. The third-order valence-electron chi connectivity index (χ3n) is 3.56. The minimum atomic E-state index is 0.0321. The van der Waals surface area contributed by atoms with Crippen LogP contribution >= 0.6 is 0 Å². The Hall–Kier alpha value is -2.62. The summed E-state index contributed by atoms with van der Waals surface area (Å²) in [6.45, 7) is 0. The molecule has 21 heavy (non-hydrogen) atoms. The van der Waals surface area contributed by atoms with Gasteiger partial charge in [-0.15, -0.1) is 0 Å². The molecule has 1 aliphatic heterocycles. The van der Waals surface area contributed by atoms with E-state index in [1.807, 2.05) is 54.6 Å². The standard InChI is InChI=1S/C17H16N2O2/c1-21-16-10-6-5-9-14(16)12-18-19-15(11-17(19)20)13-7-3-2-4-8-13/h2-10,12,15H,11H2,1H3/b18-12-/t15-/m1/s1. The number of benzene rings is 2. The SMILES string of the molecule is COc1ccccc1/C=N\N1C(=O)C[C@@H]1c1ccccc1. The molecule has 3 rings (SSSR count).